The monoisotopic (exact) mass is 320 g/mol. The predicted molar refractivity (Wildman–Crippen MR) is 96.0 cm³/mol. The molecule has 0 aliphatic heterocycles. The minimum Gasteiger partial charge on any atom is -0.507 e. The van der Waals surface area contributed by atoms with Crippen LogP contribution in [0.5, 0.6) is 11.5 Å². The van der Waals surface area contributed by atoms with Crippen molar-refractivity contribution < 1.29 is 14.6 Å². The molecule has 0 atom stereocenters. The van der Waals surface area contributed by atoms with Gasteiger partial charge < -0.3 is 9.84 Å². The van der Waals surface area contributed by atoms with Gasteiger partial charge in [-0.2, -0.15) is 0 Å². The van der Waals surface area contributed by atoms with E-state index in [1.54, 1.807) is 7.11 Å². The van der Waals surface area contributed by atoms with Gasteiger partial charge in [0.2, 0.25) is 0 Å². The Morgan fingerprint density at radius 1 is 1.00 bits per heavy atom. The normalized spacial score (nSPS) is 10.8. The first-order valence-corrected chi connectivity index (χ1v) is 7.97. The summed E-state index contributed by atoms with van der Waals surface area (Å²) in [7, 11) is 1.55. The number of ketones is 1. The quantitative estimate of drug-likeness (QED) is 0.702. The molecule has 122 valence electrons. The van der Waals surface area contributed by atoms with Crippen molar-refractivity contribution in [2.75, 3.05) is 7.11 Å². The van der Waals surface area contributed by atoms with Gasteiger partial charge in [-0.1, -0.05) is 42.5 Å². The summed E-state index contributed by atoms with van der Waals surface area (Å²) in [5.41, 5.74) is 2.40. The third kappa shape index (κ3) is 3.25. The summed E-state index contributed by atoms with van der Waals surface area (Å²) in [6.45, 7) is 1.47. The standard InChI is InChI=1S/C21H20O3/c1-14(22)21-18(12-19(24-2)13-20(21)23)10-8-15-7-9-16-5-3-4-6-17(16)11-15/h3-7,9,11-13,23H,8,10H2,1-2H3. The van der Waals surface area contributed by atoms with Crippen molar-refractivity contribution in [3.05, 3.63) is 71.3 Å². The van der Waals surface area contributed by atoms with E-state index in [9.17, 15) is 9.90 Å². The summed E-state index contributed by atoms with van der Waals surface area (Å²) < 4.78 is 5.21. The van der Waals surface area contributed by atoms with Gasteiger partial charge in [0, 0.05) is 6.07 Å². The Labute approximate surface area is 141 Å². The summed E-state index contributed by atoms with van der Waals surface area (Å²) in [5.74, 6) is 0.407. The highest BCUT2D eigenvalue weighted by atomic mass is 16.5. The topological polar surface area (TPSA) is 46.5 Å². The van der Waals surface area contributed by atoms with Crippen LogP contribution < -0.4 is 4.74 Å². The van der Waals surface area contributed by atoms with Crippen molar-refractivity contribution >= 4 is 16.6 Å². The summed E-state index contributed by atoms with van der Waals surface area (Å²) in [5, 5.41) is 12.5. The highest BCUT2D eigenvalue weighted by Gasteiger charge is 2.15. The van der Waals surface area contributed by atoms with Gasteiger partial charge in [0.05, 0.1) is 12.7 Å². The van der Waals surface area contributed by atoms with Crippen LogP contribution in [0, 0.1) is 0 Å². The molecular formula is C21H20O3. The zero-order valence-electron chi connectivity index (χ0n) is 13.9. The summed E-state index contributed by atoms with van der Waals surface area (Å²) >= 11 is 0. The van der Waals surface area contributed by atoms with Crippen LogP contribution in [-0.4, -0.2) is 18.0 Å². The highest BCUT2D eigenvalue weighted by molar-refractivity contribution is 5.98. The second-order valence-electron chi connectivity index (χ2n) is 5.92. The van der Waals surface area contributed by atoms with E-state index in [2.05, 4.69) is 30.3 Å². The molecule has 0 bridgehead atoms. The first-order valence-electron chi connectivity index (χ1n) is 7.97. The number of carbonyl (C=O) groups is 1. The number of rotatable bonds is 5. The molecule has 0 aliphatic rings. The number of hydrogen-bond acceptors (Lipinski definition) is 3. The minimum atomic E-state index is -0.135. The third-order valence-electron chi connectivity index (χ3n) is 4.26. The van der Waals surface area contributed by atoms with E-state index >= 15 is 0 Å². The van der Waals surface area contributed by atoms with Crippen LogP contribution in [0.25, 0.3) is 10.8 Å². The molecule has 0 fully saturated rings. The number of benzene rings is 3. The fourth-order valence-electron chi connectivity index (χ4n) is 3.05. The molecule has 0 saturated heterocycles. The number of aromatic hydroxyl groups is 1. The number of methoxy groups -OCH3 is 1. The number of fused-ring (bicyclic) bond motifs is 1. The largest absolute Gasteiger partial charge is 0.507 e. The maximum absolute atomic E-state index is 11.9. The molecule has 0 unspecified atom stereocenters. The van der Waals surface area contributed by atoms with E-state index in [1.165, 1.54) is 29.3 Å². The molecule has 3 aromatic carbocycles. The van der Waals surface area contributed by atoms with Crippen LogP contribution in [-0.2, 0) is 12.8 Å². The lowest BCUT2D eigenvalue weighted by Crippen LogP contribution is -2.03. The molecule has 0 aliphatic carbocycles. The van der Waals surface area contributed by atoms with Gasteiger partial charge in [-0.05, 0) is 47.7 Å². The fourth-order valence-corrected chi connectivity index (χ4v) is 3.05. The van der Waals surface area contributed by atoms with Gasteiger partial charge >= 0.3 is 0 Å². The average molecular weight is 320 g/mol. The van der Waals surface area contributed by atoms with Gasteiger partial charge in [-0.25, -0.2) is 0 Å². The molecule has 3 rings (SSSR count). The molecule has 0 amide bonds. The van der Waals surface area contributed by atoms with E-state index in [0.29, 0.717) is 17.7 Å². The van der Waals surface area contributed by atoms with E-state index in [1.807, 2.05) is 18.2 Å². The number of carbonyl (C=O) groups excluding carboxylic acids is 1. The Bertz CT molecular complexity index is 897. The van der Waals surface area contributed by atoms with Gasteiger partial charge in [-0.3, -0.25) is 4.79 Å². The first-order chi connectivity index (χ1) is 11.6. The molecule has 0 saturated carbocycles. The van der Waals surface area contributed by atoms with Gasteiger partial charge in [0.15, 0.2) is 5.78 Å². The number of phenolic OH excluding ortho intramolecular Hbond substituents is 1. The summed E-state index contributed by atoms with van der Waals surface area (Å²) in [6, 6.07) is 17.9. The molecule has 3 nitrogen and oxygen atoms in total. The van der Waals surface area contributed by atoms with Crippen LogP contribution >= 0.6 is 0 Å². The lowest BCUT2D eigenvalue weighted by Gasteiger charge is -2.12. The van der Waals surface area contributed by atoms with E-state index in [4.69, 9.17) is 4.74 Å². The minimum absolute atomic E-state index is 0.0182. The maximum atomic E-state index is 11.9. The molecule has 0 spiro atoms. The van der Waals surface area contributed by atoms with Crippen molar-refractivity contribution in [2.24, 2.45) is 0 Å². The Hall–Kier alpha value is -2.81. The van der Waals surface area contributed by atoms with Crippen molar-refractivity contribution in [1.29, 1.82) is 0 Å². The lowest BCUT2D eigenvalue weighted by atomic mass is 9.95. The Morgan fingerprint density at radius 2 is 1.75 bits per heavy atom. The molecule has 24 heavy (non-hydrogen) atoms. The lowest BCUT2D eigenvalue weighted by molar-refractivity contribution is 0.101. The van der Waals surface area contributed by atoms with Crippen molar-refractivity contribution in [1.82, 2.24) is 0 Å². The first kappa shape index (κ1) is 16.1. The Balaban J connectivity index is 1.89. The SMILES string of the molecule is COc1cc(O)c(C(C)=O)c(CCc2ccc3ccccc3c2)c1. The number of aryl methyl sites for hydroxylation is 2. The Morgan fingerprint density at radius 3 is 2.46 bits per heavy atom. The molecule has 0 aromatic heterocycles. The predicted octanol–water partition coefficient (Wildman–Crippen LogP) is 4.54. The molecule has 0 radical (unpaired) electrons. The smallest absolute Gasteiger partial charge is 0.163 e. The molecule has 0 heterocycles. The number of hydrogen-bond donors (Lipinski definition) is 1. The van der Waals surface area contributed by atoms with Gasteiger partial charge in [0.1, 0.15) is 11.5 Å². The van der Waals surface area contributed by atoms with Crippen LogP contribution in [0.15, 0.2) is 54.6 Å². The average Bonchev–Trinajstić information content (AvgIpc) is 2.58. The van der Waals surface area contributed by atoms with Crippen LogP contribution in [0.4, 0.5) is 0 Å². The zero-order chi connectivity index (χ0) is 17.1. The number of ether oxygens (including phenoxy) is 1. The summed E-state index contributed by atoms with van der Waals surface area (Å²) in [4.78, 5) is 11.9. The van der Waals surface area contributed by atoms with Crippen LogP contribution in [0.2, 0.25) is 0 Å². The third-order valence-corrected chi connectivity index (χ3v) is 4.26. The zero-order valence-corrected chi connectivity index (χ0v) is 13.9. The van der Waals surface area contributed by atoms with Crippen LogP contribution in [0.1, 0.15) is 28.4 Å². The number of Topliss-reactive ketones (excluding diaryl/α,β-unsaturated/α-hetero) is 1. The van der Waals surface area contributed by atoms with Crippen molar-refractivity contribution in [2.45, 2.75) is 19.8 Å². The molecular weight excluding hydrogens is 300 g/mol. The maximum Gasteiger partial charge on any atom is 0.163 e. The molecule has 3 heteroatoms. The molecule has 3 aromatic rings. The van der Waals surface area contributed by atoms with Crippen molar-refractivity contribution in [3.8, 4) is 11.5 Å². The molecule has 1 N–H and O–H groups in total. The van der Waals surface area contributed by atoms with Crippen molar-refractivity contribution in [3.63, 3.8) is 0 Å². The summed E-state index contributed by atoms with van der Waals surface area (Å²) in [6.07, 6.45) is 1.45. The Kier molecular flexibility index (Phi) is 4.52. The van der Waals surface area contributed by atoms with Crippen LogP contribution in [0.3, 0.4) is 0 Å². The van der Waals surface area contributed by atoms with Gasteiger partial charge in [0.25, 0.3) is 0 Å². The van der Waals surface area contributed by atoms with E-state index < -0.39 is 0 Å². The second kappa shape index (κ2) is 6.75. The van der Waals surface area contributed by atoms with E-state index in [-0.39, 0.29) is 11.5 Å². The van der Waals surface area contributed by atoms with E-state index in [0.717, 1.165) is 12.0 Å². The second-order valence-corrected chi connectivity index (χ2v) is 5.92. The fraction of sp³-hybridized carbons (Fsp3) is 0.190. The highest BCUT2D eigenvalue weighted by Crippen LogP contribution is 2.29. The number of phenols is 1. The van der Waals surface area contributed by atoms with Gasteiger partial charge in [-0.15, -0.1) is 0 Å².